The van der Waals surface area contributed by atoms with Crippen molar-refractivity contribution in [1.29, 1.82) is 0 Å². The fourth-order valence-electron chi connectivity index (χ4n) is 1.65. The van der Waals surface area contributed by atoms with Crippen molar-refractivity contribution in [3.63, 3.8) is 0 Å². The largest absolute Gasteiger partial charge is 0.379 e. The minimum Gasteiger partial charge on any atom is -0.379 e. The maximum Gasteiger partial charge on any atom is 0.0701 e. The predicted molar refractivity (Wildman–Crippen MR) is 82.3 cm³/mol. The van der Waals surface area contributed by atoms with Crippen LogP contribution in [0.4, 0.5) is 0 Å². The highest BCUT2D eigenvalue weighted by Gasteiger charge is 2.07. The highest BCUT2D eigenvalue weighted by atomic mass is 32.1. The fraction of sp³-hybridized carbons (Fsp3) is 1.00. The molecule has 126 valence electrons. The summed E-state index contributed by atoms with van der Waals surface area (Å²) in [5.74, 6) is 1.03. The van der Waals surface area contributed by atoms with Crippen molar-refractivity contribution in [1.82, 2.24) is 0 Å². The molecule has 1 fully saturated rings. The molecule has 0 atom stereocenters. The summed E-state index contributed by atoms with van der Waals surface area (Å²) in [6.45, 7) is 7.04. The van der Waals surface area contributed by atoms with Crippen LogP contribution >= 0.6 is 12.6 Å². The molecule has 0 spiro atoms. The van der Waals surface area contributed by atoms with Crippen molar-refractivity contribution in [3.05, 3.63) is 0 Å². The van der Waals surface area contributed by atoms with Crippen molar-refractivity contribution < 1.29 is 28.4 Å². The third-order valence-electron chi connectivity index (χ3n) is 2.83. The first-order valence-corrected chi connectivity index (χ1v) is 8.14. The Morgan fingerprint density at radius 1 is 0.524 bits per heavy atom. The molecule has 0 radical (unpaired) electrons. The molecule has 7 heteroatoms. The second kappa shape index (κ2) is 15.0. The van der Waals surface area contributed by atoms with Crippen LogP contribution in [0.1, 0.15) is 0 Å². The third kappa shape index (κ3) is 12.3. The molecule has 1 saturated heterocycles. The molecule has 21 heavy (non-hydrogen) atoms. The summed E-state index contributed by atoms with van der Waals surface area (Å²) in [6.07, 6.45) is 0. The van der Waals surface area contributed by atoms with Gasteiger partial charge in [0.25, 0.3) is 0 Å². The first-order valence-electron chi connectivity index (χ1n) is 7.51. The van der Waals surface area contributed by atoms with E-state index in [1.807, 2.05) is 0 Å². The first kappa shape index (κ1) is 19.2. The van der Waals surface area contributed by atoms with Gasteiger partial charge in [-0.15, -0.1) is 0 Å². The summed E-state index contributed by atoms with van der Waals surface area (Å²) in [4.78, 5) is 0. The zero-order valence-corrected chi connectivity index (χ0v) is 13.6. The minimum absolute atomic E-state index is 0.294. The van der Waals surface area contributed by atoms with E-state index in [9.17, 15) is 0 Å². The van der Waals surface area contributed by atoms with Crippen molar-refractivity contribution in [2.24, 2.45) is 5.92 Å². The number of rotatable bonds is 1. The highest BCUT2D eigenvalue weighted by Crippen LogP contribution is 2.01. The Morgan fingerprint density at radius 3 is 1.10 bits per heavy atom. The highest BCUT2D eigenvalue weighted by molar-refractivity contribution is 7.80. The molecule has 1 aliphatic heterocycles. The van der Waals surface area contributed by atoms with Gasteiger partial charge in [0.05, 0.1) is 79.3 Å². The monoisotopic (exact) mass is 324 g/mol. The topological polar surface area (TPSA) is 55.4 Å². The fourth-order valence-corrected chi connectivity index (χ4v) is 1.86. The smallest absolute Gasteiger partial charge is 0.0701 e. The quantitative estimate of drug-likeness (QED) is 0.715. The molecule has 0 aromatic carbocycles. The molecule has 1 aliphatic rings. The van der Waals surface area contributed by atoms with Gasteiger partial charge in [-0.25, -0.2) is 0 Å². The lowest BCUT2D eigenvalue weighted by Crippen LogP contribution is -2.21. The minimum atomic E-state index is 0.294. The molecule has 0 aromatic rings. The van der Waals surface area contributed by atoms with E-state index in [2.05, 4.69) is 12.6 Å². The summed E-state index contributed by atoms with van der Waals surface area (Å²) in [5, 5.41) is 0. The molecule has 0 N–H and O–H groups in total. The predicted octanol–water partition coefficient (Wildman–Crippen LogP) is 0.646. The summed E-state index contributed by atoms with van der Waals surface area (Å²) < 4.78 is 32.7. The summed E-state index contributed by atoms with van der Waals surface area (Å²) in [6, 6.07) is 0. The van der Waals surface area contributed by atoms with Crippen LogP contribution in [0, 0.1) is 5.92 Å². The van der Waals surface area contributed by atoms with Crippen LogP contribution in [-0.2, 0) is 28.4 Å². The Balaban J connectivity index is 2.14. The molecular weight excluding hydrogens is 296 g/mol. The van der Waals surface area contributed by atoms with Gasteiger partial charge in [0, 0.05) is 5.92 Å². The van der Waals surface area contributed by atoms with E-state index in [0.717, 1.165) is 5.75 Å². The number of thiol groups is 1. The van der Waals surface area contributed by atoms with Crippen LogP contribution in [0.2, 0.25) is 0 Å². The van der Waals surface area contributed by atoms with E-state index in [1.165, 1.54) is 0 Å². The van der Waals surface area contributed by atoms with Gasteiger partial charge < -0.3 is 28.4 Å². The Morgan fingerprint density at radius 2 is 0.810 bits per heavy atom. The standard InChI is InChI=1S/C14H28O6S/c21-13-14-11-19-9-7-17-5-3-15-1-2-16-4-6-18-8-10-20-12-14/h14,21H,1-13H2. The van der Waals surface area contributed by atoms with E-state index in [4.69, 9.17) is 28.4 Å². The maximum absolute atomic E-state index is 5.56. The van der Waals surface area contributed by atoms with Gasteiger partial charge in [-0.1, -0.05) is 0 Å². The Bertz CT molecular complexity index is 200. The van der Waals surface area contributed by atoms with Gasteiger partial charge in [0.1, 0.15) is 0 Å². The number of ether oxygens (including phenoxy) is 6. The van der Waals surface area contributed by atoms with E-state index >= 15 is 0 Å². The van der Waals surface area contributed by atoms with Gasteiger partial charge in [0.15, 0.2) is 0 Å². The van der Waals surface area contributed by atoms with Crippen LogP contribution < -0.4 is 0 Å². The second-order valence-corrected chi connectivity index (χ2v) is 5.01. The zero-order chi connectivity index (χ0) is 15.0. The molecule has 0 aliphatic carbocycles. The summed E-state index contributed by atoms with van der Waals surface area (Å²) in [7, 11) is 0. The first-order chi connectivity index (χ1) is 10.4. The van der Waals surface area contributed by atoms with Crippen molar-refractivity contribution >= 4 is 12.6 Å². The van der Waals surface area contributed by atoms with Gasteiger partial charge in [-0.2, -0.15) is 12.6 Å². The maximum atomic E-state index is 5.56. The van der Waals surface area contributed by atoms with E-state index < -0.39 is 0 Å². The zero-order valence-electron chi connectivity index (χ0n) is 12.7. The van der Waals surface area contributed by atoms with Crippen molar-refractivity contribution in [2.75, 3.05) is 85.0 Å². The molecule has 0 aromatic heterocycles. The Hall–Kier alpha value is 0.110. The number of hydrogen-bond donors (Lipinski definition) is 1. The van der Waals surface area contributed by atoms with Gasteiger partial charge in [-0.3, -0.25) is 0 Å². The molecule has 0 unspecified atom stereocenters. The molecule has 6 nitrogen and oxygen atoms in total. The van der Waals surface area contributed by atoms with E-state index in [1.54, 1.807) is 0 Å². The van der Waals surface area contributed by atoms with Crippen LogP contribution in [0.15, 0.2) is 0 Å². The molecule has 1 rings (SSSR count). The molecular formula is C14H28O6S. The van der Waals surface area contributed by atoms with Gasteiger partial charge in [0.2, 0.25) is 0 Å². The molecule has 0 saturated carbocycles. The lowest BCUT2D eigenvalue weighted by molar-refractivity contribution is -0.0122. The van der Waals surface area contributed by atoms with Crippen LogP contribution in [0.3, 0.4) is 0 Å². The lowest BCUT2D eigenvalue weighted by atomic mass is 10.2. The molecule has 0 amide bonds. The Kier molecular flexibility index (Phi) is 13.7. The summed E-state index contributed by atoms with van der Waals surface area (Å²) >= 11 is 4.31. The van der Waals surface area contributed by atoms with Crippen LogP contribution in [0.25, 0.3) is 0 Å². The van der Waals surface area contributed by atoms with Gasteiger partial charge in [-0.05, 0) is 5.75 Å². The van der Waals surface area contributed by atoms with Crippen molar-refractivity contribution in [2.45, 2.75) is 0 Å². The molecule has 1 heterocycles. The number of hydrogen-bond acceptors (Lipinski definition) is 7. The van der Waals surface area contributed by atoms with E-state index in [0.29, 0.717) is 85.2 Å². The normalized spacial score (nSPS) is 23.9. The average Bonchev–Trinajstić information content (AvgIpc) is 2.51. The third-order valence-corrected chi connectivity index (χ3v) is 3.34. The Labute approximate surface area is 132 Å². The SMILES string of the molecule is SCC1COCCOCCOCCOCCOCCOC1. The molecule has 0 bridgehead atoms. The van der Waals surface area contributed by atoms with E-state index in [-0.39, 0.29) is 0 Å². The lowest BCUT2D eigenvalue weighted by Gasteiger charge is -2.15. The van der Waals surface area contributed by atoms with Gasteiger partial charge >= 0.3 is 0 Å². The summed E-state index contributed by atoms with van der Waals surface area (Å²) in [5.41, 5.74) is 0. The van der Waals surface area contributed by atoms with Crippen LogP contribution in [0.5, 0.6) is 0 Å². The average molecular weight is 324 g/mol. The second-order valence-electron chi connectivity index (χ2n) is 4.65. The van der Waals surface area contributed by atoms with Crippen molar-refractivity contribution in [3.8, 4) is 0 Å². The van der Waals surface area contributed by atoms with Crippen LogP contribution in [-0.4, -0.2) is 85.0 Å².